The third kappa shape index (κ3) is 2.55. The van der Waals surface area contributed by atoms with E-state index in [4.69, 9.17) is 15.2 Å². The summed E-state index contributed by atoms with van der Waals surface area (Å²) in [5.41, 5.74) is 7.12. The fraction of sp³-hybridized carbons (Fsp3) is 0.786. The maximum atomic E-state index is 6.05. The Kier molecular flexibility index (Phi) is 3.60. The van der Waals surface area contributed by atoms with E-state index in [2.05, 4.69) is 22.9 Å². The van der Waals surface area contributed by atoms with Gasteiger partial charge in [0.05, 0.1) is 24.4 Å². The summed E-state index contributed by atoms with van der Waals surface area (Å²) in [7, 11) is 0. The minimum Gasteiger partial charge on any atom is -0.378 e. The molecule has 3 atom stereocenters. The van der Waals surface area contributed by atoms with Gasteiger partial charge in [-0.15, -0.1) is 0 Å². The van der Waals surface area contributed by atoms with Crippen LogP contribution < -0.4 is 5.73 Å². The van der Waals surface area contributed by atoms with Crippen LogP contribution in [0.25, 0.3) is 0 Å². The predicted molar refractivity (Wildman–Crippen MR) is 71.8 cm³/mol. The van der Waals surface area contributed by atoms with Crippen molar-refractivity contribution < 1.29 is 9.47 Å². The van der Waals surface area contributed by atoms with Crippen LogP contribution in [0.2, 0.25) is 0 Å². The SMILES string of the molecule is CCC(N)c1cnn(C2CCOC3(CCOC3)C2)c1. The standard InChI is InChI=1S/C14H23N3O2/c1-2-13(15)11-8-16-17(9-11)12-3-5-19-14(7-12)4-6-18-10-14/h8-9,12-13H,2-7,10,15H2,1H3. The predicted octanol–water partition coefficient (Wildman–Crippen LogP) is 1.80. The smallest absolute Gasteiger partial charge is 0.0957 e. The van der Waals surface area contributed by atoms with Crippen LogP contribution in [0.1, 0.15) is 50.3 Å². The molecule has 0 radical (unpaired) electrons. The van der Waals surface area contributed by atoms with E-state index in [-0.39, 0.29) is 11.6 Å². The third-order valence-corrected chi connectivity index (χ3v) is 4.40. The first-order chi connectivity index (χ1) is 9.22. The number of ether oxygens (including phenoxy) is 2. The number of rotatable bonds is 3. The van der Waals surface area contributed by atoms with Crippen molar-refractivity contribution >= 4 is 0 Å². The molecule has 5 heteroatoms. The molecule has 1 aromatic heterocycles. The van der Waals surface area contributed by atoms with Crippen molar-refractivity contribution in [2.75, 3.05) is 19.8 Å². The summed E-state index contributed by atoms with van der Waals surface area (Å²) >= 11 is 0. The van der Waals surface area contributed by atoms with E-state index in [1.807, 2.05) is 6.20 Å². The molecule has 106 valence electrons. The van der Waals surface area contributed by atoms with Crippen LogP contribution in [0, 0.1) is 0 Å². The van der Waals surface area contributed by atoms with E-state index in [9.17, 15) is 0 Å². The molecule has 5 nitrogen and oxygen atoms in total. The first kappa shape index (κ1) is 13.1. The molecule has 2 aliphatic heterocycles. The molecule has 19 heavy (non-hydrogen) atoms. The third-order valence-electron chi connectivity index (χ3n) is 4.40. The Morgan fingerprint density at radius 3 is 3.21 bits per heavy atom. The van der Waals surface area contributed by atoms with Gasteiger partial charge < -0.3 is 15.2 Å². The van der Waals surface area contributed by atoms with Gasteiger partial charge in [0.1, 0.15) is 0 Å². The molecule has 3 unspecified atom stereocenters. The maximum absolute atomic E-state index is 6.05. The van der Waals surface area contributed by atoms with Gasteiger partial charge in [0.25, 0.3) is 0 Å². The summed E-state index contributed by atoms with van der Waals surface area (Å²) in [5.74, 6) is 0. The first-order valence-corrected chi connectivity index (χ1v) is 7.24. The number of aromatic nitrogens is 2. The lowest BCUT2D eigenvalue weighted by molar-refractivity contribution is -0.0962. The van der Waals surface area contributed by atoms with E-state index in [1.54, 1.807) is 0 Å². The van der Waals surface area contributed by atoms with Gasteiger partial charge in [0, 0.05) is 43.9 Å². The molecule has 2 N–H and O–H groups in total. The van der Waals surface area contributed by atoms with Crippen molar-refractivity contribution in [3.05, 3.63) is 18.0 Å². The summed E-state index contributed by atoms with van der Waals surface area (Å²) in [6.45, 7) is 4.44. The maximum Gasteiger partial charge on any atom is 0.0957 e. The van der Waals surface area contributed by atoms with Gasteiger partial charge in [-0.1, -0.05) is 6.92 Å². The molecule has 2 aliphatic rings. The van der Waals surface area contributed by atoms with Crippen LogP contribution in [0.4, 0.5) is 0 Å². The van der Waals surface area contributed by atoms with E-state index < -0.39 is 0 Å². The van der Waals surface area contributed by atoms with Gasteiger partial charge in [-0.3, -0.25) is 4.68 Å². The fourth-order valence-corrected chi connectivity index (χ4v) is 3.07. The zero-order valence-corrected chi connectivity index (χ0v) is 11.5. The quantitative estimate of drug-likeness (QED) is 0.905. The van der Waals surface area contributed by atoms with Gasteiger partial charge >= 0.3 is 0 Å². The number of nitrogens with zero attached hydrogens (tertiary/aromatic N) is 2. The summed E-state index contributed by atoms with van der Waals surface area (Å²) in [6.07, 6.45) is 7.97. The van der Waals surface area contributed by atoms with Crippen molar-refractivity contribution in [1.82, 2.24) is 9.78 Å². The minimum atomic E-state index is -0.0676. The first-order valence-electron chi connectivity index (χ1n) is 7.24. The average Bonchev–Trinajstić information content (AvgIpc) is 3.08. The lowest BCUT2D eigenvalue weighted by Gasteiger charge is -2.37. The van der Waals surface area contributed by atoms with Crippen LogP contribution in [0.3, 0.4) is 0 Å². The minimum absolute atomic E-state index is 0.0676. The second-order valence-corrected chi connectivity index (χ2v) is 5.75. The highest BCUT2D eigenvalue weighted by Crippen LogP contribution is 2.37. The van der Waals surface area contributed by atoms with Crippen molar-refractivity contribution in [3.63, 3.8) is 0 Å². The zero-order valence-electron chi connectivity index (χ0n) is 11.5. The van der Waals surface area contributed by atoms with E-state index in [1.165, 1.54) is 0 Å². The van der Waals surface area contributed by atoms with Crippen LogP contribution in [0.5, 0.6) is 0 Å². The van der Waals surface area contributed by atoms with Crippen molar-refractivity contribution in [2.45, 2.75) is 50.3 Å². The Hall–Kier alpha value is -0.910. The van der Waals surface area contributed by atoms with Gasteiger partial charge in [-0.25, -0.2) is 0 Å². The topological polar surface area (TPSA) is 62.3 Å². The van der Waals surface area contributed by atoms with Crippen molar-refractivity contribution in [1.29, 1.82) is 0 Å². The van der Waals surface area contributed by atoms with Gasteiger partial charge in [0.15, 0.2) is 0 Å². The van der Waals surface area contributed by atoms with Crippen LogP contribution >= 0.6 is 0 Å². The Bertz CT molecular complexity index is 426. The second kappa shape index (κ2) is 5.23. The highest BCUT2D eigenvalue weighted by molar-refractivity contribution is 5.10. The van der Waals surface area contributed by atoms with Crippen LogP contribution in [-0.4, -0.2) is 35.2 Å². The molecule has 0 saturated carbocycles. The Balaban J connectivity index is 1.73. The normalized spacial score (nSPS) is 32.8. The number of hydrogen-bond donors (Lipinski definition) is 1. The van der Waals surface area contributed by atoms with Crippen molar-refractivity contribution in [3.8, 4) is 0 Å². The molecular formula is C14H23N3O2. The summed E-state index contributed by atoms with van der Waals surface area (Å²) in [4.78, 5) is 0. The highest BCUT2D eigenvalue weighted by Gasteiger charge is 2.41. The molecule has 3 heterocycles. The molecule has 0 bridgehead atoms. The van der Waals surface area contributed by atoms with Crippen LogP contribution in [0.15, 0.2) is 12.4 Å². The molecular weight excluding hydrogens is 242 g/mol. The molecule has 1 aromatic rings. The molecule has 0 aliphatic carbocycles. The summed E-state index contributed by atoms with van der Waals surface area (Å²) in [5, 5.41) is 4.50. The largest absolute Gasteiger partial charge is 0.378 e. The fourth-order valence-electron chi connectivity index (χ4n) is 3.07. The lowest BCUT2D eigenvalue weighted by Crippen LogP contribution is -2.41. The second-order valence-electron chi connectivity index (χ2n) is 5.75. The van der Waals surface area contributed by atoms with Crippen LogP contribution in [-0.2, 0) is 9.47 Å². The number of hydrogen-bond acceptors (Lipinski definition) is 4. The van der Waals surface area contributed by atoms with E-state index >= 15 is 0 Å². The summed E-state index contributed by atoms with van der Waals surface area (Å²) < 4.78 is 13.5. The lowest BCUT2D eigenvalue weighted by atomic mass is 9.90. The Morgan fingerprint density at radius 1 is 1.58 bits per heavy atom. The van der Waals surface area contributed by atoms with E-state index in [0.717, 1.165) is 51.1 Å². The monoisotopic (exact) mass is 265 g/mol. The molecule has 0 aromatic carbocycles. The van der Waals surface area contributed by atoms with Gasteiger partial charge in [-0.05, 0) is 12.8 Å². The van der Waals surface area contributed by atoms with Crippen molar-refractivity contribution in [2.24, 2.45) is 5.73 Å². The average molecular weight is 265 g/mol. The Morgan fingerprint density at radius 2 is 2.47 bits per heavy atom. The van der Waals surface area contributed by atoms with Gasteiger partial charge in [-0.2, -0.15) is 5.10 Å². The highest BCUT2D eigenvalue weighted by atomic mass is 16.6. The van der Waals surface area contributed by atoms with Gasteiger partial charge in [0.2, 0.25) is 0 Å². The molecule has 2 fully saturated rings. The Labute approximate surface area is 114 Å². The zero-order chi connectivity index (χ0) is 13.3. The van der Waals surface area contributed by atoms with E-state index in [0.29, 0.717) is 6.04 Å². The molecule has 2 saturated heterocycles. The summed E-state index contributed by atoms with van der Waals surface area (Å²) in [6, 6.07) is 0.505. The molecule has 1 spiro atoms. The number of nitrogens with two attached hydrogens (primary N) is 1. The molecule has 0 amide bonds. The molecule has 3 rings (SSSR count).